The molecule has 0 aliphatic rings. The summed E-state index contributed by atoms with van der Waals surface area (Å²) in [6.45, 7) is 6.04. The van der Waals surface area contributed by atoms with E-state index in [9.17, 15) is 14.4 Å². The third-order valence-corrected chi connectivity index (χ3v) is 6.21. The maximum absolute atomic E-state index is 12.8. The number of amides is 1. The average Bonchev–Trinajstić information content (AvgIpc) is 3.34. The summed E-state index contributed by atoms with van der Waals surface area (Å²) in [6, 6.07) is 11.3. The van der Waals surface area contributed by atoms with E-state index in [0.717, 1.165) is 11.8 Å². The molecule has 1 atom stereocenters. The fourth-order valence-corrected chi connectivity index (χ4v) is 4.17. The molecule has 0 aliphatic heterocycles. The standard InChI is InChI=1S/C26H28N4O7S/c1-6-13-30-23(16(2)37-19-10-8-18(34-3)9-11-19)28-29-26(30)38-15-22(31)27-21-14-17(24(32)35-4)7-12-20(21)25(33)36-5/h6-12,14,16H,1,13,15H2,2-5H3,(H,27,31). The van der Waals surface area contributed by atoms with Crippen molar-refractivity contribution < 1.29 is 33.3 Å². The lowest BCUT2D eigenvalue weighted by Gasteiger charge is -2.16. The molecule has 11 nitrogen and oxygen atoms in total. The molecule has 1 heterocycles. The van der Waals surface area contributed by atoms with Gasteiger partial charge in [-0.25, -0.2) is 9.59 Å². The van der Waals surface area contributed by atoms with Gasteiger partial charge in [0.2, 0.25) is 5.91 Å². The van der Waals surface area contributed by atoms with Crippen LogP contribution < -0.4 is 14.8 Å². The summed E-state index contributed by atoms with van der Waals surface area (Å²) >= 11 is 1.15. The third-order valence-electron chi connectivity index (χ3n) is 5.25. The Labute approximate surface area is 224 Å². The van der Waals surface area contributed by atoms with E-state index in [4.69, 9.17) is 18.9 Å². The number of rotatable bonds is 12. The van der Waals surface area contributed by atoms with Crippen molar-refractivity contribution in [1.29, 1.82) is 0 Å². The van der Waals surface area contributed by atoms with Crippen LogP contribution in [-0.2, 0) is 20.8 Å². The Bertz CT molecular complexity index is 1310. The van der Waals surface area contributed by atoms with Gasteiger partial charge < -0.3 is 24.3 Å². The minimum atomic E-state index is -0.661. The summed E-state index contributed by atoms with van der Waals surface area (Å²) in [5.41, 5.74) is 0.393. The molecule has 0 radical (unpaired) electrons. The molecule has 1 amide bonds. The molecule has 12 heteroatoms. The van der Waals surface area contributed by atoms with Gasteiger partial charge in [-0.3, -0.25) is 9.36 Å². The SMILES string of the molecule is C=CCn1c(SCC(=O)Nc2cc(C(=O)OC)ccc2C(=O)OC)nnc1C(C)Oc1ccc(OC)cc1. The Balaban J connectivity index is 1.73. The van der Waals surface area contributed by atoms with E-state index in [2.05, 4.69) is 22.1 Å². The van der Waals surface area contributed by atoms with E-state index in [0.29, 0.717) is 29.0 Å². The van der Waals surface area contributed by atoms with Gasteiger partial charge in [0.1, 0.15) is 11.5 Å². The second-order valence-corrected chi connectivity index (χ2v) is 8.70. The Morgan fingerprint density at radius 2 is 1.71 bits per heavy atom. The number of carbonyl (C=O) groups is 3. The summed E-state index contributed by atoms with van der Waals surface area (Å²) in [5, 5.41) is 11.6. The number of benzene rings is 2. The number of methoxy groups -OCH3 is 3. The topological polar surface area (TPSA) is 131 Å². The van der Waals surface area contributed by atoms with Gasteiger partial charge in [0.05, 0.1) is 43.9 Å². The van der Waals surface area contributed by atoms with Crippen LogP contribution in [0.15, 0.2) is 60.3 Å². The number of nitrogens with zero attached hydrogens (tertiary/aromatic N) is 3. The molecular formula is C26H28N4O7S. The lowest BCUT2D eigenvalue weighted by molar-refractivity contribution is -0.113. The van der Waals surface area contributed by atoms with Crippen LogP contribution in [0.4, 0.5) is 5.69 Å². The summed E-state index contributed by atoms with van der Waals surface area (Å²) in [4.78, 5) is 36.9. The first-order chi connectivity index (χ1) is 18.3. The van der Waals surface area contributed by atoms with E-state index in [1.807, 2.05) is 6.92 Å². The number of esters is 2. The summed E-state index contributed by atoms with van der Waals surface area (Å²) in [6.07, 6.45) is 1.25. The average molecular weight is 541 g/mol. The molecule has 0 bridgehead atoms. The Kier molecular flexibility index (Phi) is 9.88. The minimum absolute atomic E-state index is 0.0495. The van der Waals surface area contributed by atoms with Gasteiger partial charge in [-0.15, -0.1) is 16.8 Å². The highest BCUT2D eigenvalue weighted by Crippen LogP contribution is 2.27. The molecule has 38 heavy (non-hydrogen) atoms. The zero-order valence-electron chi connectivity index (χ0n) is 21.4. The fraction of sp³-hybridized carbons (Fsp3) is 0.269. The molecule has 2 aromatic carbocycles. The highest BCUT2D eigenvalue weighted by Gasteiger charge is 2.21. The van der Waals surface area contributed by atoms with Crippen LogP contribution in [0.5, 0.6) is 11.5 Å². The minimum Gasteiger partial charge on any atom is -0.497 e. The Hall–Kier alpha value is -4.32. The molecule has 1 unspecified atom stereocenters. The van der Waals surface area contributed by atoms with Gasteiger partial charge in [-0.1, -0.05) is 17.8 Å². The summed E-state index contributed by atoms with van der Waals surface area (Å²) < 4.78 is 22.5. The van der Waals surface area contributed by atoms with Crippen molar-refractivity contribution in [2.45, 2.75) is 24.7 Å². The van der Waals surface area contributed by atoms with Gasteiger partial charge in [0.15, 0.2) is 17.1 Å². The molecule has 0 saturated heterocycles. The van der Waals surface area contributed by atoms with Gasteiger partial charge in [-0.2, -0.15) is 0 Å². The van der Waals surface area contributed by atoms with Gasteiger partial charge in [-0.05, 0) is 49.4 Å². The van der Waals surface area contributed by atoms with Crippen molar-refractivity contribution in [2.24, 2.45) is 0 Å². The number of anilines is 1. The predicted molar refractivity (Wildman–Crippen MR) is 141 cm³/mol. The first kappa shape index (κ1) is 28.3. The van der Waals surface area contributed by atoms with Crippen molar-refractivity contribution >= 4 is 35.3 Å². The number of hydrogen-bond acceptors (Lipinski definition) is 10. The van der Waals surface area contributed by atoms with E-state index >= 15 is 0 Å². The van der Waals surface area contributed by atoms with Gasteiger partial charge in [0, 0.05) is 6.54 Å². The van der Waals surface area contributed by atoms with Crippen molar-refractivity contribution in [3.05, 3.63) is 72.1 Å². The fourth-order valence-electron chi connectivity index (χ4n) is 3.42. The lowest BCUT2D eigenvalue weighted by Crippen LogP contribution is -2.18. The Morgan fingerprint density at radius 1 is 1.03 bits per heavy atom. The molecule has 0 saturated carbocycles. The zero-order valence-corrected chi connectivity index (χ0v) is 22.2. The molecule has 0 aliphatic carbocycles. The number of hydrogen-bond donors (Lipinski definition) is 1. The van der Waals surface area contributed by atoms with Crippen LogP contribution in [0.25, 0.3) is 0 Å². The van der Waals surface area contributed by atoms with Crippen molar-refractivity contribution in [1.82, 2.24) is 14.8 Å². The van der Waals surface area contributed by atoms with Gasteiger partial charge >= 0.3 is 11.9 Å². The number of thioether (sulfide) groups is 1. The van der Waals surface area contributed by atoms with Crippen LogP contribution in [0.2, 0.25) is 0 Å². The monoisotopic (exact) mass is 540 g/mol. The quantitative estimate of drug-likeness (QED) is 0.205. The normalized spacial score (nSPS) is 11.3. The van der Waals surface area contributed by atoms with Crippen LogP contribution in [0, 0.1) is 0 Å². The number of aromatic nitrogens is 3. The largest absolute Gasteiger partial charge is 0.497 e. The van der Waals surface area contributed by atoms with E-state index in [1.54, 1.807) is 42.0 Å². The van der Waals surface area contributed by atoms with Crippen LogP contribution >= 0.6 is 11.8 Å². The molecule has 200 valence electrons. The highest BCUT2D eigenvalue weighted by molar-refractivity contribution is 7.99. The van der Waals surface area contributed by atoms with Crippen molar-refractivity contribution in [3.63, 3.8) is 0 Å². The van der Waals surface area contributed by atoms with E-state index in [-0.39, 0.29) is 22.6 Å². The number of allylic oxidation sites excluding steroid dienone is 1. The van der Waals surface area contributed by atoms with E-state index in [1.165, 1.54) is 32.4 Å². The van der Waals surface area contributed by atoms with Crippen LogP contribution in [0.3, 0.4) is 0 Å². The third kappa shape index (κ3) is 6.91. The molecule has 1 N–H and O–H groups in total. The lowest BCUT2D eigenvalue weighted by atomic mass is 10.1. The molecular weight excluding hydrogens is 512 g/mol. The van der Waals surface area contributed by atoms with E-state index < -0.39 is 23.9 Å². The van der Waals surface area contributed by atoms with Crippen LogP contribution in [-0.4, -0.2) is 59.7 Å². The summed E-state index contributed by atoms with van der Waals surface area (Å²) in [7, 11) is 4.05. The molecule has 1 aromatic heterocycles. The van der Waals surface area contributed by atoms with Crippen LogP contribution in [0.1, 0.15) is 39.6 Å². The number of carbonyl (C=O) groups excluding carboxylic acids is 3. The zero-order chi connectivity index (χ0) is 27.7. The molecule has 3 rings (SSSR count). The second kappa shape index (κ2) is 13.3. The predicted octanol–water partition coefficient (Wildman–Crippen LogP) is 3.92. The highest BCUT2D eigenvalue weighted by atomic mass is 32.2. The van der Waals surface area contributed by atoms with Crippen molar-refractivity contribution in [2.75, 3.05) is 32.4 Å². The number of nitrogens with one attached hydrogen (secondary N) is 1. The maximum Gasteiger partial charge on any atom is 0.339 e. The molecule has 0 spiro atoms. The molecule has 0 fully saturated rings. The summed E-state index contributed by atoms with van der Waals surface area (Å²) in [5.74, 6) is 0.157. The maximum atomic E-state index is 12.8. The first-order valence-corrected chi connectivity index (χ1v) is 12.4. The first-order valence-electron chi connectivity index (χ1n) is 11.4. The number of ether oxygens (including phenoxy) is 4. The van der Waals surface area contributed by atoms with Gasteiger partial charge in [0.25, 0.3) is 0 Å². The Morgan fingerprint density at radius 3 is 2.34 bits per heavy atom. The molecule has 3 aromatic rings. The second-order valence-electron chi connectivity index (χ2n) is 7.76. The smallest absolute Gasteiger partial charge is 0.339 e. The van der Waals surface area contributed by atoms with Crippen molar-refractivity contribution in [3.8, 4) is 11.5 Å².